The Bertz CT molecular complexity index is 389. The molecule has 1 aromatic rings. The molecule has 15 heavy (non-hydrogen) atoms. The summed E-state index contributed by atoms with van der Waals surface area (Å²) >= 11 is 5.96. The molecule has 2 rings (SSSR count). The van der Waals surface area contributed by atoms with Crippen LogP contribution in [0.5, 0.6) is 0 Å². The minimum Gasteiger partial charge on any atom is -0.364 e. The molecule has 1 saturated heterocycles. The summed E-state index contributed by atoms with van der Waals surface area (Å²) in [5.41, 5.74) is 2.27. The first kappa shape index (κ1) is 10.5. The Kier molecular flexibility index (Phi) is 2.96. The van der Waals surface area contributed by atoms with Gasteiger partial charge in [0, 0.05) is 23.7 Å². The van der Waals surface area contributed by atoms with E-state index in [1.807, 2.05) is 25.1 Å². The van der Waals surface area contributed by atoms with Crippen molar-refractivity contribution in [2.45, 2.75) is 19.8 Å². The minimum atomic E-state index is 0.320. The number of aryl methyl sites for hydroxylation is 1. The lowest BCUT2D eigenvalue weighted by Crippen LogP contribution is -2.35. The number of rotatable bonds is 1. The van der Waals surface area contributed by atoms with Crippen molar-refractivity contribution in [2.75, 3.05) is 18.0 Å². The zero-order chi connectivity index (χ0) is 10.8. The van der Waals surface area contributed by atoms with E-state index in [1.54, 1.807) is 0 Å². The van der Waals surface area contributed by atoms with E-state index in [0.717, 1.165) is 30.1 Å². The van der Waals surface area contributed by atoms with Gasteiger partial charge in [-0.15, -0.1) is 0 Å². The van der Waals surface area contributed by atoms with Crippen LogP contribution in [-0.4, -0.2) is 18.9 Å². The zero-order valence-corrected chi connectivity index (χ0v) is 9.55. The van der Waals surface area contributed by atoms with Gasteiger partial charge in [0.15, 0.2) is 5.78 Å². The fourth-order valence-corrected chi connectivity index (χ4v) is 2.13. The van der Waals surface area contributed by atoms with Crippen LogP contribution in [0.2, 0.25) is 5.02 Å². The van der Waals surface area contributed by atoms with Crippen molar-refractivity contribution in [3.8, 4) is 0 Å². The van der Waals surface area contributed by atoms with Crippen LogP contribution in [0.15, 0.2) is 18.2 Å². The van der Waals surface area contributed by atoms with Crippen LogP contribution < -0.4 is 4.90 Å². The fraction of sp³-hybridized carbons (Fsp3) is 0.417. The van der Waals surface area contributed by atoms with Crippen LogP contribution in [0.3, 0.4) is 0 Å². The summed E-state index contributed by atoms with van der Waals surface area (Å²) in [4.78, 5) is 13.5. The van der Waals surface area contributed by atoms with Crippen LogP contribution in [0, 0.1) is 6.92 Å². The second-order valence-corrected chi connectivity index (χ2v) is 4.43. The number of piperidine rings is 1. The molecule has 0 N–H and O–H groups in total. The van der Waals surface area contributed by atoms with Gasteiger partial charge in [-0.1, -0.05) is 17.7 Å². The fourth-order valence-electron chi connectivity index (χ4n) is 1.97. The van der Waals surface area contributed by atoms with Crippen molar-refractivity contribution in [3.05, 3.63) is 28.8 Å². The molecule has 1 fully saturated rings. The van der Waals surface area contributed by atoms with Crippen molar-refractivity contribution >= 4 is 23.1 Å². The molecule has 1 aliphatic heterocycles. The summed E-state index contributed by atoms with van der Waals surface area (Å²) in [6.07, 6.45) is 1.67. The quantitative estimate of drug-likeness (QED) is 0.730. The van der Waals surface area contributed by atoms with Crippen molar-refractivity contribution in [3.63, 3.8) is 0 Å². The van der Waals surface area contributed by atoms with Crippen LogP contribution in [-0.2, 0) is 4.79 Å². The third-order valence-corrected chi connectivity index (χ3v) is 3.00. The molecule has 0 atom stereocenters. The average Bonchev–Trinajstić information content (AvgIpc) is 2.22. The van der Waals surface area contributed by atoms with Gasteiger partial charge in [-0.05, 0) is 31.0 Å². The topological polar surface area (TPSA) is 20.3 Å². The first-order chi connectivity index (χ1) is 7.16. The molecular weight excluding hydrogens is 210 g/mol. The molecular formula is C12H14ClNO. The van der Waals surface area contributed by atoms with E-state index in [2.05, 4.69) is 4.90 Å². The van der Waals surface area contributed by atoms with Gasteiger partial charge in [-0.25, -0.2) is 0 Å². The normalized spacial score (nSPS) is 16.9. The van der Waals surface area contributed by atoms with E-state index in [1.165, 1.54) is 5.56 Å². The molecule has 0 saturated carbocycles. The van der Waals surface area contributed by atoms with E-state index in [4.69, 9.17) is 11.6 Å². The van der Waals surface area contributed by atoms with Gasteiger partial charge in [0.2, 0.25) is 0 Å². The number of ketones is 1. The Labute approximate surface area is 94.8 Å². The Morgan fingerprint density at radius 3 is 2.93 bits per heavy atom. The monoisotopic (exact) mass is 223 g/mol. The molecule has 2 nitrogen and oxygen atoms in total. The van der Waals surface area contributed by atoms with Gasteiger partial charge in [0.25, 0.3) is 0 Å². The van der Waals surface area contributed by atoms with E-state index in [9.17, 15) is 4.79 Å². The number of carbonyl (C=O) groups excluding carboxylic acids is 1. The molecule has 0 aromatic heterocycles. The number of nitrogens with zero attached hydrogens (tertiary/aromatic N) is 1. The molecule has 0 amide bonds. The SMILES string of the molecule is Cc1ccc(Cl)cc1N1CCCC(=O)C1. The van der Waals surface area contributed by atoms with Gasteiger partial charge in [0.1, 0.15) is 0 Å². The standard InChI is InChI=1S/C12H14ClNO/c1-9-4-5-10(13)7-12(9)14-6-2-3-11(15)8-14/h4-5,7H,2-3,6,8H2,1H3. The highest BCUT2D eigenvalue weighted by Crippen LogP contribution is 2.26. The summed E-state index contributed by atoms with van der Waals surface area (Å²) in [5.74, 6) is 0.320. The van der Waals surface area contributed by atoms with Crippen molar-refractivity contribution in [1.29, 1.82) is 0 Å². The number of halogens is 1. The maximum Gasteiger partial charge on any atom is 0.152 e. The Balaban J connectivity index is 2.27. The van der Waals surface area contributed by atoms with Gasteiger partial charge in [-0.2, -0.15) is 0 Å². The van der Waals surface area contributed by atoms with Crippen LogP contribution >= 0.6 is 11.6 Å². The van der Waals surface area contributed by atoms with Crippen molar-refractivity contribution in [2.24, 2.45) is 0 Å². The highest BCUT2D eigenvalue weighted by Gasteiger charge is 2.18. The molecule has 0 aliphatic carbocycles. The van der Waals surface area contributed by atoms with E-state index in [0.29, 0.717) is 12.3 Å². The lowest BCUT2D eigenvalue weighted by molar-refractivity contribution is -0.118. The third-order valence-electron chi connectivity index (χ3n) is 2.76. The first-order valence-corrected chi connectivity index (χ1v) is 5.57. The smallest absolute Gasteiger partial charge is 0.152 e. The molecule has 1 aromatic carbocycles. The number of carbonyl (C=O) groups is 1. The Hall–Kier alpha value is -1.02. The molecule has 1 aliphatic rings. The third kappa shape index (κ3) is 2.32. The largest absolute Gasteiger partial charge is 0.364 e. The highest BCUT2D eigenvalue weighted by atomic mass is 35.5. The van der Waals surface area contributed by atoms with Crippen LogP contribution in [0.4, 0.5) is 5.69 Å². The lowest BCUT2D eigenvalue weighted by Gasteiger charge is -2.29. The predicted molar refractivity (Wildman–Crippen MR) is 62.6 cm³/mol. The summed E-state index contributed by atoms with van der Waals surface area (Å²) in [6.45, 7) is 3.53. The van der Waals surface area contributed by atoms with Crippen LogP contribution in [0.1, 0.15) is 18.4 Å². The summed E-state index contributed by atoms with van der Waals surface area (Å²) in [6, 6.07) is 5.82. The lowest BCUT2D eigenvalue weighted by atomic mass is 10.1. The molecule has 80 valence electrons. The number of hydrogen-bond donors (Lipinski definition) is 0. The molecule has 0 radical (unpaired) electrons. The average molecular weight is 224 g/mol. The second kappa shape index (κ2) is 4.23. The highest BCUT2D eigenvalue weighted by molar-refractivity contribution is 6.30. The minimum absolute atomic E-state index is 0.320. The predicted octanol–water partition coefficient (Wildman–Crippen LogP) is 2.82. The zero-order valence-electron chi connectivity index (χ0n) is 8.79. The van der Waals surface area contributed by atoms with E-state index < -0.39 is 0 Å². The Morgan fingerprint density at radius 2 is 2.20 bits per heavy atom. The Morgan fingerprint density at radius 1 is 1.40 bits per heavy atom. The number of anilines is 1. The summed E-state index contributed by atoms with van der Waals surface area (Å²) < 4.78 is 0. The van der Waals surface area contributed by atoms with E-state index >= 15 is 0 Å². The van der Waals surface area contributed by atoms with Gasteiger partial charge in [-0.3, -0.25) is 4.79 Å². The molecule has 3 heteroatoms. The molecule has 0 bridgehead atoms. The summed E-state index contributed by atoms with van der Waals surface area (Å²) in [7, 11) is 0. The van der Waals surface area contributed by atoms with Gasteiger partial charge < -0.3 is 4.90 Å². The maximum absolute atomic E-state index is 11.4. The second-order valence-electron chi connectivity index (χ2n) is 3.99. The number of Topliss-reactive ketones (excluding diaryl/α,β-unsaturated/α-hetero) is 1. The van der Waals surface area contributed by atoms with Crippen LogP contribution in [0.25, 0.3) is 0 Å². The van der Waals surface area contributed by atoms with E-state index in [-0.39, 0.29) is 0 Å². The summed E-state index contributed by atoms with van der Waals surface area (Å²) in [5, 5.41) is 0.730. The van der Waals surface area contributed by atoms with Gasteiger partial charge in [0.05, 0.1) is 6.54 Å². The van der Waals surface area contributed by atoms with Crippen molar-refractivity contribution < 1.29 is 4.79 Å². The number of hydrogen-bond acceptors (Lipinski definition) is 2. The van der Waals surface area contributed by atoms with Crippen molar-refractivity contribution in [1.82, 2.24) is 0 Å². The molecule has 0 spiro atoms. The maximum atomic E-state index is 11.4. The molecule has 1 heterocycles. The van der Waals surface area contributed by atoms with Gasteiger partial charge >= 0.3 is 0 Å². The first-order valence-electron chi connectivity index (χ1n) is 5.19. The number of benzene rings is 1. The molecule has 0 unspecified atom stereocenters.